The van der Waals surface area contributed by atoms with Gasteiger partial charge >= 0.3 is 15.2 Å². The maximum absolute atomic E-state index is 11.9. The fourth-order valence-electron chi connectivity index (χ4n) is 4.27. The standard InChI is InChI=1S/C17H26ClN5O9P2/c1-17(25)12(24)10(6-31-34(29,30)8-33(26,27)28)32-15(17)23-7-19-11-13(20-9-4-2-3-5-9)21-16(18)22-14(11)23/h7,9-10,12,15,24-25H,2-6,8H2,1H3,(H,29,30)(H,20,21,22)(H2,26,27,28)/t10-,12?,15-,17-/m1/s1. The first-order valence-corrected chi connectivity index (χ1v) is 14.4. The number of aromatic nitrogens is 4. The van der Waals surface area contributed by atoms with Crippen molar-refractivity contribution in [1.29, 1.82) is 0 Å². The van der Waals surface area contributed by atoms with E-state index in [-0.39, 0.29) is 17.0 Å². The van der Waals surface area contributed by atoms with Gasteiger partial charge in [-0.2, -0.15) is 9.97 Å². The zero-order valence-corrected chi connectivity index (χ0v) is 20.6. The molecule has 2 unspecified atom stereocenters. The molecule has 1 aliphatic heterocycles. The number of aliphatic hydroxyl groups is 2. The summed E-state index contributed by atoms with van der Waals surface area (Å²) in [5, 5.41) is 24.8. The van der Waals surface area contributed by atoms with Crippen molar-refractivity contribution in [3.05, 3.63) is 11.6 Å². The molecule has 0 radical (unpaired) electrons. The van der Waals surface area contributed by atoms with Gasteiger partial charge in [0, 0.05) is 6.04 Å². The highest BCUT2D eigenvalue weighted by atomic mass is 35.5. The number of anilines is 1. The first-order chi connectivity index (χ1) is 15.8. The lowest BCUT2D eigenvalue weighted by Crippen LogP contribution is -2.44. The molecule has 1 saturated carbocycles. The van der Waals surface area contributed by atoms with Gasteiger partial charge in [-0.3, -0.25) is 13.7 Å². The van der Waals surface area contributed by atoms with E-state index in [4.69, 9.17) is 30.6 Å². The Morgan fingerprint density at radius 1 is 1.29 bits per heavy atom. The molecule has 1 aliphatic carbocycles. The summed E-state index contributed by atoms with van der Waals surface area (Å²) >= 11 is 6.13. The molecule has 4 rings (SSSR count). The zero-order valence-electron chi connectivity index (χ0n) is 18.1. The molecule has 6 N–H and O–H groups in total. The van der Waals surface area contributed by atoms with Crippen molar-refractivity contribution in [2.45, 2.75) is 62.7 Å². The van der Waals surface area contributed by atoms with E-state index in [9.17, 15) is 24.2 Å². The Bertz CT molecular complexity index is 1150. The van der Waals surface area contributed by atoms with E-state index in [2.05, 4.69) is 20.3 Å². The summed E-state index contributed by atoms with van der Waals surface area (Å²) in [5.74, 6) is -0.960. The van der Waals surface area contributed by atoms with E-state index in [1.165, 1.54) is 17.8 Å². The first-order valence-electron chi connectivity index (χ1n) is 10.5. The molecular formula is C17H26ClN5O9P2. The number of halogens is 1. The molecule has 1 saturated heterocycles. The molecule has 5 atom stereocenters. The number of nitrogens with zero attached hydrogens (tertiary/aromatic N) is 4. The van der Waals surface area contributed by atoms with Crippen molar-refractivity contribution in [2.75, 3.05) is 17.8 Å². The predicted octanol–water partition coefficient (Wildman–Crippen LogP) is 1.18. The lowest BCUT2D eigenvalue weighted by atomic mass is 9.96. The molecule has 34 heavy (non-hydrogen) atoms. The molecule has 0 aromatic carbocycles. The molecule has 2 fully saturated rings. The van der Waals surface area contributed by atoms with Gasteiger partial charge < -0.3 is 39.5 Å². The summed E-state index contributed by atoms with van der Waals surface area (Å²) in [6.45, 7) is 0.585. The zero-order chi connectivity index (χ0) is 24.9. The van der Waals surface area contributed by atoms with Crippen LogP contribution in [0.25, 0.3) is 11.2 Å². The van der Waals surface area contributed by atoms with Gasteiger partial charge in [-0.1, -0.05) is 12.8 Å². The van der Waals surface area contributed by atoms with Crippen LogP contribution in [0, 0.1) is 0 Å². The van der Waals surface area contributed by atoms with E-state index in [0.717, 1.165) is 25.7 Å². The van der Waals surface area contributed by atoms with Crippen molar-refractivity contribution in [2.24, 2.45) is 0 Å². The summed E-state index contributed by atoms with van der Waals surface area (Å²) in [4.78, 5) is 40.3. The van der Waals surface area contributed by atoms with Crippen LogP contribution in [0.5, 0.6) is 0 Å². The number of aliphatic hydroxyl groups excluding tert-OH is 1. The third-order valence-corrected chi connectivity index (χ3v) is 9.53. The minimum absolute atomic E-state index is 0.0634. The molecule has 17 heteroatoms. The Hall–Kier alpha value is -1.18. The average Bonchev–Trinajstić information content (AvgIpc) is 3.39. The van der Waals surface area contributed by atoms with Crippen LogP contribution in [-0.4, -0.2) is 80.8 Å². The Morgan fingerprint density at radius 3 is 2.62 bits per heavy atom. The smallest absolute Gasteiger partial charge is 0.340 e. The normalized spacial score (nSPS) is 30.1. The number of hydrogen-bond donors (Lipinski definition) is 6. The maximum Gasteiger partial charge on any atom is 0.340 e. The summed E-state index contributed by atoms with van der Waals surface area (Å²) in [7, 11) is -9.51. The molecule has 3 heterocycles. The third-order valence-electron chi connectivity index (χ3n) is 5.90. The second-order valence-electron chi connectivity index (χ2n) is 8.73. The average molecular weight is 542 g/mol. The van der Waals surface area contributed by atoms with E-state index in [1.54, 1.807) is 0 Å². The monoisotopic (exact) mass is 541 g/mol. The lowest BCUT2D eigenvalue weighted by molar-refractivity contribution is -0.0948. The van der Waals surface area contributed by atoms with Crippen LogP contribution in [0.4, 0.5) is 5.82 Å². The van der Waals surface area contributed by atoms with Crippen molar-refractivity contribution in [3.8, 4) is 0 Å². The van der Waals surface area contributed by atoms with Gasteiger partial charge in [0.25, 0.3) is 0 Å². The van der Waals surface area contributed by atoms with Gasteiger partial charge in [0.2, 0.25) is 5.28 Å². The summed E-state index contributed by atoms with van der Waals surface area (Å²) in [6.07, 6.45) is 1.37. The molecule has 2 aliphatic rings. The maximum atomic E-state index is 11.9. The topological polar surface area (TPSA) is 209 Å². The van der Waals surface area contributed by atoms with E-state index < -0.39 is 51.7 Å². The number of hydrogen-bond acceptors (Lipinski definition) is 10. The van der Waals surface area contributed by atoms with Gasteiger partial charge in [-0.05, 0) is 31.4 Å². The van der Waals surface area contributed by atoms with Gasteiger partial charge in [-0.15, -0.1) is 0 Å². The van der Waals surface area contributed by atoms with E-state index in [1.807, 2.05) is 0 Å². The van der Waals surface area contributed by atoms with Gasteiger partial charge in [0.05, 0.1) is 12.9 Å². The molecule has 14 nitrogen and oxygen atoms in total. The van der Waals surface area contributed by atoms with E-state index in [0.29, 0.717) is 11.3 Å². The SMILES string of the molecule is C[C@@]1(O)C(O)[C@@H](COP(=O)(O)CP(=O)(O)O)O[C@H]1n1cnc2c(NC3CCCC3)nc(Cl)nc21. The van der Waals surface area contributed by atoms with Crippen molar-refractivity contribution < 1.29 is 43.3 Å². The summed E-state index contributed by atoms with van der Waals surface area (Å²) in [5.41, 5.74) is -1.30. The highest BCUT2D eigenvalue weighted by Gasteiger charge is 2.54. The second kappa shape index (κ2) is 9.36. The Labute approximate surface area is 199 Å². The molecule has 190 valence electrons. The number of nitrogens with one attached hydrogen (secondary N) is 1. The fourth-order valence-corrected chi connectivity index (χ4v) is 7.00. The van der Waals surface area contributed by atoms with Crippen LogP contribution in [0.15, 0.2) is 6.33 Å². The largest absolute Gasteiger partial charge is 0.387 e. The molecule has 0 bridgehead atoms. The Kier molecular flexibility index (Phi) is 7.13. The number of rotatable bonds is 8. The van der Waals surface area contributed by atoms with Crippen molar-refractivity contribution >= 4 is 43.8 Å². The van der Waals surface area contributed by atoms with Crippen LogP contribution < -0.4 is 5.32 Å². The number of fused-ring (bicyclic) bond motifs is 1. The Morgan fingerprint density at radius 2 is 1.97 bits per heavy atom. The molecule has 2 aromatic rings. The highest BCUT2D eigenvalue weighted by molar-refractivity contribution is 7.70. The minimum Gasteiger partial charge on any atom is -0.387 e. The van der Waals surface area contributed by atoms with Crippen LogP contribution in [-0.2, 0) is 18.4 Å². The molecule has 0 spiro atoms. The highest BCUT2D eigenvalue weighted by Crippen LogP contribution is 2.55. The van der Waals surface area contributed by atoms with Crippen LogP contribution >= 0.6 is 26.8 Å². The van der Waals surface area contributed by atoms with Crippen molar-refractivity contribution in [1.82, 2.24) is 19.5 Å². The number of imidazole rings is 1. The predicted molar refractivity (Wildman–Crippen MR) is 119 cm³/mol. The van der Waals surface area contributed by atoms with Crippen LogP contribution in [0.2, 0.25) is 5.28 Å². The van der Waals surface area contributed by atoms with Crippen molar-refractivity contribution in [3.63, 3.8) is 0 Å². The molecule has 2 aromatic heterocycles. The lowest BCUT2D eigenvalue weighted by Gasteiger charge is -2.27. The quantitative estimate of drug-likeness (QED) is 0.205. The number of ether oxygens (including phenoxy) is 1. The molecular weight excluding hydrogens is 516 g/mol. The molecule has 0 amide bonds. The van der Waals surface area contributed by atoms with Crippen LogP contribution in [0.3, 0.4) is 0 Å². The fraction of sp³-hybridized carbons (Fsp3) is 0.706. The Balaban J connectivity index is 1.57. The third kappa shape index (κ3) is 5.46. The first kappa shape index (κ1) is 25.9. The summed E-state index contributed by atoms with van der Waals surface area (Å²) < 4.78 is 34.8. The minimum atomic E-state index is -4.83. The van der Waals surface area contributed by atoms with Gasteiger partial charge in [0.15, 0.2) is 29.1 Å². The van der Waals surface area contributed by atoms with Gasteiger partial charge in [-0.25, -0.2) is 4.98 Å². The van der Waals surface area contributed by atoms with E-state index >= 15 is 0 Å². The second-order valence-corrected chi connectivity index (χ2v) is 13.1. The van der Waals surface area contributed by atoms with Gasteiger partial charge in [0.1, 0.15) is 17.8 Å². The van der Waals surface area contributed by atoms with Crippen LogP contribution in [0.1, 0.15) is 38.8 Å². The summed E-state index contributed by atoms with van der Waals surface area (Å²) in [6, 6.07) is 0.218.